The Morgan fingerprint density at radius 1 is 1.40 bits per heavy atom. The Bertz CT molecular complexity index is 374. The molecule has 0 aromatic heterocycles. The monoisotopic (exact) mass is 205 g/mol. The van der Waals surface area contributed by atoms with Crippen LogP contribution >= 0.6 is 0 Å². The van der Waals surface area contributed by atoms with Gasteiger partial charge in [0.1, 0.15) is 0 Å². The molecule has 1 aliphatic rings. The van der Waals surface area contributed by atoms with Crippen molar-refractivity contribution in [1.82, 2.24) is 0 Å². The van der Waals surface area contributed by atoms with E-state index in [-0.39, 0.29) is 6.10 Å². The van der Waals surface area contributed by atoms with Crippen LogP contribution in [0.3, 0.4) is 0 Å². The van der Waals surface area contributed by atoms with E-state index in [1.54, 1.807) is 6.92 Å². The van der Waals surface area contributed by atoms with Crippen molar-refractivity contribution in [1.29, 1.82) is 0 Å². The van der Waals surface area contributed by atoms with E-state index in [2.05, 4.69) is 4.99 Å². The van der Waals surface area contributed by atoms with Crippen LogP contribution in [0.15, 0.2) is 35.3 Å². The average molecular weight is 205 g/mol. The van der Waals surface area contributed by atoms with Gasteiger partial charge in [-0.05, 0) is 13.8 Å². The summed E-state index contributed by atoms with van der Waals surface area (Å²) in [6, 6.07) is 9.35. The molecule has 0 saturated heterocycles. The maximum atomic E-state index is 10.4. The van der Waals surface area contributed by atoms with Crippen molar-refractivity contribution in [2.24, 2.45) is 4.99 Å². The van der Waals surface area contributed by atoms with Gasteiger partial charge in [0.25, 0.3) is 0 Å². The highest BCUT2D eigenvalue weighted by Crippen LogP contribution is 2.28. The number of ether oxygens (including phenoxy) is 1. The van der Waals surface area contributed by atoms with E-state index < -0.39 is 5.79 Å². The van der Waals surface area contributed by atoms with Crippen LogP contribution in [0, 0.1) is 0 Å². The van der Waals surface area contributed by atoms with Crippen molar-refractivity contribution in [3.8, 4) is 0 Å². The quantitative estimate of drug-likeness (QED) is 0.758. The van der Waals surface area contributed by atoms with Crippen molar-refractivity contribution in [2.75, 3.05) is 6.54 Å². The summed E-state index contributed by atoms with van der Waals surface area (Å²) < 4.78 is 5.60. The molecule has 80 valence electrons. The summed E-state index contributed by atoms with van der Waals surface area (Å²) in [6.07, 6.45) is -0.0566. The van der Waals surface area contributed by atoms with Crippen molar-refractivity contribution in [3.63, 3.8) is 0 Å². The number of benzene rings is 1. The van der Waals surface area contributed by atoms with E-state index in [4.69, 9.17) is 4.74 Å². The molecule has 1 unspecified atom stereocenters. The second-order valence-corrected chi connectivity index (χ2v) is 3.86. The highest BCUT2D eigenvalue weighted by atomic mass is 16.6. The van der Waals surface area contributed by atoms with Gasteiger partial charge in [-0.15, -0.1) is 0 Å². The van der Waals surface area contributed by atoms with E-state index in [1.807, 2.05) is 37.3 Å². The van der Waals surface area contributed by atoms with Crippen LogP contribution in [0.4, 0.5) is 0 Å². The summed E-state index contributed by atoms with van der Waals surface area (Å²) in [5.41, 5.74) is 1.35. The first-order chi connectivity index (χ1) is 7.13. The SMILES string of the molecule is CC1=NC[C@@H](C)OC1(O)c1ccccc1. The van der Waals surface area contributed by atoms with Gasteiger partial charge >= 0.3 is 0 Å². The molecular weight excluding hydrogens is 190 g/mol. The zero-order valence-electron chi connectivity index (χ0n) is 8.97. The molecule has 0 amide bonds. The van der Waals surface area contributed by atoms with Gasteiger partial charge in [0.15, 0.2) is 0 Å². The molecule has 2 rings (SSSR count). The molecule has 1 N–H and O–H groups in total. The number of hydrogen-bond donors (Lipinski definition) is 1. The molecule has 3 heteroatoms. The van der Waals surface area contributed by atoms with Crippen molar-refractivity contribution < 1.29 is 9.84 Å². The zero-order chi connectivity index (χ0) is 10.9. The van der Waals surface area contributed by atoms with Crippen LogP contribution in [0.5, 0.6) is 0 Å². The van der Waals surface area contributed by atoms with Crippen LogP contribution in [0.1, 0.15) is 19.4 Å². The molecule has 1 aliphatic heterocycles. The van der Waals surface area contributed by atoms with E-state index in [9.17, 15) is 5.11 Å². The van der Waals surface area contributed by atoms with E-state index in [1.165, 1.54) is 0 Å². The third-order valence-corrected chi connectivity index (χ3v) is 2.61. The minimum absolute atomic E-state index is 0.0566. The van der Waals surface area contributed by atoms with Gasteiger partial charge < -0.3 is 9.84 Å². The smallest absolute Gasteiger partial charge is 0.232 e. The van der Waals surface area contributed by atoms with Gasteiger partial charge in [-0.25, -0.2) is 0 Å². The van der Waals surface area contributed by atoms with Gasteiger partial charge in [0.2, 0.25) is 5.79 Å². The summed E-state index contributed by atoms with van der Waals surface area (Å²) in [7, 11) is 0. The molecule has 3 nitrogen and oxygen atoms in total. The lowest BCUT2D eigenvalue weighted by molar-refractivity contribution is -0.189. The van der Waals surface area contributed by atoms with E-state index in [0.29, 0.717) is 12.3 Å². The molecule has 0 spiro atoms. The fraction of sp³-hybridized carbons (Fsp3) is 0.417. The number of rotatable bonds is 1. The lowest BCUT2D eigenvalue weighted by atomic mass is 10.00. The Morgan fingerprint density at radius 2 is 2.07 bits per heavy atom. The van der Waals surface area contributed by atoms with Crippen molar-refractivity contribution in [3.05, 3.63) is 35.9 Å². The summed E-state index contributed by atoms with van der Waals surface area (Å²) in [4.78, 5) is 4.28. The van der Waals surface area contributed by atoms with Gasteiger partial charge in [-0.2, -0.15) is 0 Å². The molecule has 0 radical (unpaired) electrons. The predicted molar refractivity (Wildman–Crippen MR) is 58.9 cm³/mol. The Kier molecular flexibility index (Phi) is 2.59. The molecule has 0 aliphatic carbocycles. The Morgan fingerprint density at radius 3 is 2.73 bits per heavy atom. The minimum atomic E-state index is -1.35. The second-order valence-electron chi connectivity index (χ2n) is 3.86. The van der Waals surface area contributed by atoms with Gasteiger partial charge in [0.05, 0.1) is 18.4 Å². The first kappa shape index (κ1) is 10.3. The predicted octanol–water partition coefficient (Wildman–Crippen LogP) is 1.71. The fourth-order valence-electron chi connectivity index (χ4n) is 1.73. The van der Waals surface area contributed by atoms with Crippen molar-refractivity contribution in [2.45, 2.75) is 25.7 Å². The topological polar surface area (TPSA) is 41.8 Å². The normalized spacial score (nSPS) is 31.1. The Balaban J connectivity index is 2.41. The molecule has 15 heavy (non-hydrogen) atoms. The fourth-order valence-corrected chi connectivity index (χ4v) is 1.73. The molecule has 1 heterocycles. The molecule has 1 aromatic carbocycles. The van der Waals surface area contributed by atoms with Crippen LogP contribution in [0.2, 0.25) is 0 Å². The maximum Gasteiger partial charge on any atom is 0.232 e. The van der Waals surface area contributed by atoms with Crippen LogP contribution in [0.25, 0.3) is 0 Å². The van der Waals surface area contributed by atoms with Crippen LogP contribution < -0.4 is 0 Å². The third-order valence-electron chi connectivity index (χ3n) is 2.61. The molecular formula is C12H15NO2. The molecule has 0 saturated carbocycles. The minimum Gasteiger partial charge on any atom is -0.357 e. The molecule has 0 bridgehead atoms. The number of aliphatic imine (C=N–C) groups is 1. The van der Waals surface area contributed by atoms with Crippen LogP contribution in [-0.4, -0.2) is 23.5 Å². The van der Waals surface area contributed by atoms with E-state index >= 15 is 0 Å². The molecule has 2 atom stereocenters. The van der Waals surface area contributed by atoms with Gasteiger partial charge in [0, 0.05) is 5.56 Å². The van der Waals surface area contributed by atoms with Gasteiger partial charge in [-0.3, -0.25) is 4.99 Å². The lowest BCUT2D eigenvalue weighted by Gasteiger charge is -2.34. The summed E-state index contributed by atoms with van der Waals surface area (Å²) in [5, 5.41) is 10.4. The molecule has 1 aromatic rings. The summed E-state index contributed by atoms with van der Waals surface area (Å²) in [6.45, 7) is 4.31. The van der Waals surface area contributed by atoms with E-state index in [0.717, 1.165) is 5.56 Å². The largest absolute Gasteiger partial charge is 0.357 e. The van der Waals surface area contributed by atoms with Gasteiger partial charge in [-0.1, -0.05) is 30.3 Å². The highest BCUT2D eigenvalue weighted by molar-refractivity contribution is 5.90. The van der Waals surface area contributed by atoms with Crippen molar-refractivity contribution >= 4 is 5.71 Å². The Hall–Kier alpha value is -1.19. The standard InChI is InChI=1S/C12H15NO2/c1-9-8-13-10(2)12(14,15-9)11-6-4-3-5-7-11/h3-7,9,14H,8H2,1-2H3/t9-,12?/m1/s1. The number of nitrogens with zero attached hydrogens (tertiary/aromatic N) is 1. The summed E-state index contributed by atoms with van der Waals surface area (Å²) in [5.74, 6) is -1.35. The lowest BCUT2D eigenvalue weighted by Crippen LogP contribution is -2.44. The summed E-state index contributed by atoms with van der Waals surface area (Å²) >= 11 is 0. The first-order valence-corrected chi connectivity index (χ1v) is 5.10. The molecule has 0 fully saturated rings. The number of hydrogen-bond acceptors (Lipinski definition) is 3. The second kappa shape index (κ2) is 3.76. The third kappa shape index (κ3) is 1.80. The average Bonchev–Trinajstić information content (AvgIpc) is 2.25. The van der Waals surface area contributed by atoms with Crippen LogP contribution in [-0.2, 0) is 10.5 Å². The zero-order valence-corrected chi connectivity index (χ0v) is 8.97. The highest BCUT2D eigenvalue weighted by Gasteiger charge is 2.38. The first-order valence-electron chi connectivity index (χ1n) is 5.10. The number of aliphatic hydroxyl groups is 1. The maximum absolute atomic E-state index is 10.4. The Labute approximate surface area is 89.4 Å².